The van der Waals surface area contributed by atoms with Gasteiger partial charge in [-0.3, -0.25) is 19.6 Å². The predicted molar refractivity (Wildman–Crippen MR) is 117 cm³/mol. The molecule has 8 nitrogen and oxygen atoms in total. The summed E-state index contributed by atoms with van der Waals surface area (Å²) in [6.07, 6.45) is 4.73. The largest absolute Gasteiger partial charge is 0.381 e. The summed E-state index contributed by atoms with van der Waals surface area (Å²) in [6.45, 7) is 9.83. The van der Waals surface area contributed by atoms with Crippen molar-refractivity contribution in [1.29, 1.82) is 0 Å². The lowest BCUT2D eigenvalue weighted by atomic mass is 9.94. The molecule has 8 heteroatoms. The van der Waals surface area contributed by atoms with Crippen LogP contribution in [0.4, 0.5) is 0 Å². The third kappa shape index (κ3) is 3.69. The number of hydrogen-bond acceptors (Lipinski definition) is 5. The van der Waals surface area contributed by atoms with Gasteiger partial charge in [0.05, 0.1) is 23.0 Å². The minimum Gasteiger partial charge on any atom is -0.381 e. The lowest BCUT2D eigenvalue weighted by Gasteiger charge is -2.36. The third-order valence-electron chi connectivity index (χ3n) is 7.03. The molecule has 1 N–H and O–H groups in total. The lowest BCUT2D eigenvalue weighted by Crippen LogP contribution is -2.44. The average molecular weight is 428 g/mol. The van der Waals surface area contributed by atoms with Gasteiger partial charge in [0.2, 0.25) is 5.91 Å². The minimum absolute atomic E-state index is 0.00490. The first-order chi connectivity index (χ1) is 14.8. The standard InChI is InChI=1S/C23H33N5O3/c1-23(2,3)22(30)27-9-4-5-19(27)18-13-20-24-17-6-10-26(15-7-11-31-12-8-15)14-16(17)21(29)28(20)25-18/h13,15,19,25H,4-12,14H2,1-3H3. The van der Waals surface area contributed by atoms with Crippen molar-refractivity contribution in [3.8, 4) is 0 Å². The zero-order chi connectivity index (χ0) is 21.8. The SMILES string of the molecule is CC(C)(C)C(=O)N1CCCC1c1cc2nc3c(c(=O)n2[nH]1)CN(C1CCOCC1)CC3. The molecule has 168 valence electrons. The zero-order valence-corrected chi connectivity index (χ0v) is 18.8. The van der Waals surface area contributed by atoms with Gasteiger partial charge in [0.1, 0.15) is 0 Å². The summed E-state index contributed by atoms with van der Waals surface area (Å²) in [7, 11) is 0. The first-order valence-corrected chi connectivity index (χ1v) is 11.6. The smallest absolute Gasteiger partial charge is 0.277 e. The number of H-pyrrole nitrogens is 1. The van der Waals surface area contributed by atoms with E-state index in [1.807, 2.05) is 31.7 Å². The molecule has 3 aliphatic heterocycles. The van der Waals surface area contributed by atoms with Crippen LogP contribution >= 0.6 is 0 Å². The Balaban J connectivity index is 1.45. The number of aromatic nitrogens is 3. The maximum Gasteiger partial charge on any atom is 0.277 e. The first-order valence-electron chi connectivity index (χ1n) is 11.6. The van der Waals surface area contributed by atoms with Gasteiger partial charge in [0, 0.05) is 56.8 Å². The normalized spacial score (nSPS) is 23.5. The molecule has 1 amide bonds. The van der Waals surface area contributed by atoms with Gasteiger partial charge in [-0.05, 0) is 25.7 Å². The summed E-state index contributed by atoms with van der Waals surface area (Å²) in [5.41, 5.74) is 2.87. The van der Waals surface area contributed by atoms with Crippen molar-refractivity contribution in [1.82, 2.24) is 24.4 Å². The van der Waals surface area contributed by atoms with E-state index >= 15 is 0 Å². The second kappa shape index (κ2) is 7.74. The molecule has 2 aromatic heterocycles. The molecule has 2 fully saturated rings. The van der Waals surface area contributed by atoms with Crippen LogP contribution in [-0.4, -0.2) is 62.7 Å². The van der Waals surface area contributed by atoms with Crippen LogP contribution in [0.15, 0.2) is 10.9 Å². The van der Waals surface area contributed by atoms with Crippen LogP contribution in [-0.2, 0) is 22.5 Å². The summed E-state index contributed by atoms with van der Waals surface area (Å²) >= 11 is 0. The Morgan fingerprint density at radius 2 is 1.97 bits per heavy atom. The first kappa shape index (κ1) is 20.7. The highest BCUT2D eigenvalue weighted by molar-refractivity contribution is 5.82. The van der Waals surface area contributed by atoms with E-state index in [9.17, 15) is 9.59 Å². The van der Waals surface area contributed by atoms with E-state index in [4.69, 9.17) is 9.72 Å². The Hall–Kier alpha value is -2.19. The molecule has 2 aromatic rings. The number of nitrogens with zero attached hydrogens (tertiary/aromatic N) is 4. The van der Waals surface area contributed by atoms with Crippen LogP contribution in [0.5, 0.6) is 0 Å². The molecule has 3 aliphatic rings. The molecule has 0 spiro atoms. The number of aromatic amines is 1. The Labute approximate surface area is 182 Å². The Kier molecular flexibility index (Phi) is 5.17. The topological polar surface area (TPSA) is 82.9 Å². The van der Waals surface area contributed by atoms with Crippen molar-refractivity contribution in [2.75, 3.05) is 26.3 Å². The summed E-state index contributed by atoms with van der Waals surface area (Å²) in [6, 6.07) is 2.42. The van der Waals surface area contributed by atoms with Crippen LogP contribution in [0.3, 0.4) is 0 Å². The van der Waals surface area contributed by atoms with Crippen molar-refractivity contribution in [3.05, 3.63) is 33.4 Å². The fourth-order valence-electron chi connectivity index (χ4n) is 5.32. The fraction of sp³-hybridized carbons (Fsp3) is 0.696. The quantitative estimate of drug-likeness (QED) is 0.795. The van der Waals surface area contributed by atoms with Gasteiger partial charge >= 0.3 is 0 Å². The van der Waals surface area contributed by atoms with Crippen molar-refractivity contribution >= 4 is 11.6 Å². The highest BCUT2D eigenvalue weighted by Crippen LogP contribution is 2.35. The molecule has 0 radical (unpaired) electrons. The molecule has 0 saturated carbocycles. The molecule has 5 heterocycles. The second-order valence-electron chi connectivity index (χ2n) is 10.2. The maximum atomic E-state index is 13.4. The molecule has 1 atom stereocenters. The van der Waals surface area contributed by atoms with Crippen LogP contribution in [0.1, 0.15) is 69.4 Å². The number of carbonyl (C=O) groups excluding carboxylic acids is 1. The molecule has 5 rings (SSSR count). The van der Waals surface area contributed by atoms with E-state index in [1.54, 1.807) is 4.52 Å². The summed E-state index contributed by atoms with van der Waals surface area (Å²) in [4.78, 5) is 35.5. The van der Waals surface area contributed by atoms with E-state index in [1.165, 1.54) is 0 Å². The Bertz CT molecular complexity index is 1040. The van der Waals surface area contributed by atoms with Crippen molar-refractivity contribution < 1.29 is 9.53 Å². The highest BCUT2D eigenvalue weighted by atomic mass is 16.5. The number of ether oxygens (including phenoxy) is 1. The number of likely N-dealkylation sites (tertiary alicyclic amines) is 1. The van der Waals surface area contributed by atoms with Gasteiger partial charge in [-0.25, -0.2) is 9.50 Å². The third-order valence-corrected chi connectivity index (χ3v) is 7.03. The van der Waals surface area contributed by atoms with Crippen LogP contribution in [0.2, 0.25) is 0 Å². The zero-order valence-electron chi connectivity index (χ0n) is 18.8. The summed E-state index contributed by atoms with van der Waals surface area (Å²) < 4.78 is 7.08. The van der Waals surface area contributed by atoms with Crippen LogP contribution in [0, 0.1) is 5.41 Å². The Morgan fingerprint density at radius 3 is 2.71 bits per heavy atom. The predicted octanol–water partition coefficient (Wildman–Crippen LogP) is 2.27. The van der Waals surface area contributed by atoms with Gasteiger partial charge < -0.3 is 9.64 Å². The molecule has 31 heavy (non-hydrogen) atoms. The number of fused-ring (bicyclic) bond motifs is 2. The number of rotatable bonds is 2. The monoisotopic (exact) mass is 427 g/mol. The molecule has 1 unspecified atom stereocenters. The molecule has 0 bridgehead atoms. The van der Waals surface area contributed by atoms with Crippen molar-refractivity contribution in [3.63, 3.8) is 0 Å². The van der Waals surface area contributed by atoms with E-state index in [2.05, 4.69) is 10.00 Å². The Morgan fingerprint density at radius 1 is 1.19 bits per heavy atom. The van der Waals surface area contributed by atoms with Gasteiger partial charge in [-0.15, -0.1) is 0 Å². The lowest BCUT2D eigenvalue weighted by molar-refractivity contribution is -0.140. The second-order valence-corrected chi connectivity index (χ2v) is 10.2. The van der Waals surface area contributed by atoms with Gasteiger partial charge in [-0.1, -0.05) is 20.8 Å². The van der Waals surface area contributed by atoms with E-state index < -0.39 is 5.41 Å². The van der Waals surface area contributed by atoms with E-state index in [0.717, 1.165) is 75.4 Å². The van der Waals surface area contributed by atoms with Crippen LogP contribution < -0.4 is 5.56 Å². The van der Waals surface area contributed by atoms with Crippen LogP contribution in [0.25, 0.3) is 5.65 Å². The molecular weight excluding hydrogens is 394 g/mol. The van der Waals surface area contributed by atoms with Crippen molar-refractivity contribution in [2.24, 2.45) is 5.41 Å². The van der Waals surface area contributed by atoms with Gasteiger partial charge in [0.15, 0.2) is 5.65 Å². The molecule has 0 aliphatic carbocycles. The van der Waals surface area contributed by atoms with Gasteiger partial charge in [0.25, 0.3) is 5.56 Å². The number of carbonyl (C=O) groups is 1. The fourth-order valence-corrected chi connectivity index (χ4v) is 5.32. The van der Waals surface area contributed by atoms with Gasteiger partial charge in [-0.2, -0.15) is 0 Å². The molecular formula is C23H33N5O3. The maximum absolute atomic E-state index is 13.4. The minimum atomic E-state index is -0.420. The van der Waals surface area contributed by atoms with E-state index in [0.29, 0.717) is 18.2 Å². The molecule has 2 saturated heterocycles. The number of hydrogen-bond donors (Lipinski definition) is 1. The number of amides is 1. The number of nitrogens with one attached hydrogen (secondary N) is 1. The van der Waals surface area contributed by atoms with Crippen molar-refractivity contribution in [2.45, 2.75) is 71.5 Å². The highest BCUT2D eigenvalue weighted by Gasteiger charge is 2.37. The summed E-state index contributed by atoms with van der Waals surface area (Å²) in [5.74, 6) is 0.153. The molecule has 0 aromatic carbocycles. The van der Waals surface area contributed by atoms with E-state index in [-0.39, 0.29) is 17.5 Å². The summed E-state index contributed by atoms with van der Waals surface area (Å²) in [5, 5.41) is 3.30. The average Bonchev–Trinajstić information content (AvgIpc) is 3.40.